The summed E-state index contributed by atoms with van der Waals surface area (Å²) in [5, 5.41) is 0. The number of hydrogen-bond donors (Lipinski definition) is 0. The summed E-state index contributed by atoms with van der Waals surface area (Å²) in [4.78, 5) is 38.3. The largest absolute Gasteiger partial charge is 0.489 e. The van der Waals surface area contributed by atoms with E-state index < -0.39 is 17.8 Å². The van der Waals surface area contributed by atoms with Crippen molar-refractivity contribution in [2.45, 2.75) is 32.4 Å². The number of benzene rings is 2. The SMILES string of the molecule is CCOC(=O)C(=O)C1CCCN1C(=O)c1ccc(OCc2ccccc2)cc1. The molecule has 2 aromatic rings. The van der Waals surface area contributed by atoms with E-state index in [0.29, 0.717) is 37.3 Å². The minimum atomic E-state index is -0.878. The molecule has 1 fully saturated rings. The Morgan fingerprint density at radius 1 is 1.04 bits per heavy atom. The van der Waals surface area contributed by atoms with Gasteiger partial charge in [0.05, 0.1) is 6.61 Å². The van der Waals surface area contributed by atoms with E-state index in [1.165, 1.54) is 4.90 Å². The summed E-state index contributed by atoms with van der Waals surface area (Å²) in [5.74, 6) is -1.15. The van der Waals surface area contributed by atoms with Gasteiger partial charge in [0.15, 0.2) is 0 Å². The van der Waals surface area contributed by atoms with Crippen molar-refractivity contribution in [2.75, 3.05) is 13.2 Å². The first-order valence-electron chi connectivity index (χ1n) is 9.39. The second-order valence-corrected chi connectivity index (χ2v) is 6.54. The first-order chi connectivity index (χ1) is 13.6. The Kier molecular flexibility index (Phi) is 6.42. The van der Waals surface area contributed by atoms with Gasteiger partial charge < -0.3 is 14.4 Å². The van der Waals surface area contributed by atoms with E-state index in [1.807, 2.05) is 30.3 Å². The molecule has 0 N–H and O–H groups in total. The number of ketones is 1. The number of esters is 1. The highest BCUT2D eigenvalue weighted by Crippen LogP contribution is 2.23. The lowest BCUT2D eigenvalue weighted by molar-refractivity contribution is -0.155. The van der Waals surface area contributed by atoms with Crippen LogP contribution in [-0.2, 0) is 20.9 Å². The summed E-state index contributed by atoms with van der Waals surface area (Å²) in [6.45, 7) is 2.66. The van der Waals surface area contributed by atoms with Gasteiger partial charge in [0, 0.05) is 12.1 Å². The molecule has 1 amide bonds. The van der Waals surface area contributed by atoms with Crippen molar-refractivity contribution >= 4 is 17.7 Å². The zero-order chi connectivity index (χ0) is 19.9. The maximum atomic E-state index is 12.8. The number of carbonyl (C=O) groups is 3. The van der Waals surface area contributed by atoms with Crippen molar-refractivity contribution in [3.05, 3.63) is 65.7 Å². The van der Waals surface area contributed by atoms with Crippen molar-refractivity contribution in [3.8, 4) is 5.75 Å². The molecule has 0 bridgehead atoms. The Hall–Kier alpha value is -3.15. The first-order valence-corrected chi connectivity index (χ1v) is 9.39. The van der Waals surface area contributed by atoms with Gasteiger partial charge in [-0.3, -0.25) is 9.59 Å². The predicted octanol–water partition coefficient (Wildman–Crippen LogP) is 3.00. The third-order valence-corrected chi connectivity index (χ3v) is 4.64. The normalized spacial score (nSPS) is 15.9. The zero-order valence-corrected chi connectivity index (χ0v) is 15.8. The van der Waals surface area contributed by atoms with Gasteiger partial charge in [0.2, 0.25) is 0 Å². The molecule has 6 nitrogen and oxygen atoms in total. The number of ether oxygens (including phenoxy) is 2. The fraction of sp³-hybridized carbons (Fsp3) is 0.318. The van der Waals surface area contributed by atoms with Crippen LogP contribution in [0.2, 0.25) is 0 Å². The highest BCUT2D eigenvalue weighted by molar-refractivity contribution is 6.36. The number of likely N-dealkylation sites (tertiary alicyclic amines) is 1. The fourth-order valence-electron chi connectivity index (χ4n) is 3.22. The molecule has 146 valence electrons. The quantitative estimate of drug-likeness (QED) is 0.545. The molecule has 0 aromatic heterocycles. The van der Waals surface area contributed by atoms with Crippen LogP contribution < -0.4 is 4.74 Å². The van der Waals surface area contributed by atoms with Gasteiger partial charge in [0.1, 0.15) is 18.4 Å². The van der Waals surface area contributed by atoms with Crippen LogP contribution in [0.1, 0.15) is 35.7 Å². The second kappa shape index (κ2) is 9.17. The van der Waals surface area contributed by atoms with E-state index >= 15 is 0 Å². The average molecular weight is 381 g/mol. The van der Waals surface area contributed by atoms with Gasteiger partial charge in [-0.2, -0.15) is 0 Å². The van der Waals surface area contributed by atoms with Gasteiger partial charge in [-0.1, -0.05) is 30.3 Å². The average Bonchev–Trinajstić information content (AvgIpc) is 3.22. The van der Waals surface area contributed by atoms with E-state index in [0.717, 1.165) is 5.56 Å². The molecule has 28 heavy (non-hydrogen) atoms. The van der Waals surface area contributed by atoms with Crippen molar-refractivity contribution in [2.24, 2.45) is 0 Å². The van der Waals surface area contributed by atoms with Crippen LogP contribution >= 0.6 is 0 Å². The van der Waals surface area contributed by atoms with E-state index in [-0.39, 0.29) is 12.5 Å². The monoisotopic (exact) mass is 381 g/mol. The third-order valence-electron chi connectivity index (χ3n) is 4.64. The van der Waals surface area contributed by atoms with Crippen molar-refractivity contribution < 1.29 is 23.9 Å². The molecular weight excluding hydrogens is 358 g/mol. The molecule has 1 saturated heterocycles. The Labute approximate surface area is 164 Å². The summed E-state index contributed by atoms with van der Waals surface area (Å²) >= 11 is 0. The lowest BCUT2D eigenvalue weighted by Crippen LogP contribution is -2.43. The highest BCUT2D eigenvalue weighted by atomic mass is 16.5. The van der Waals surface area contributed by atoms with E-state index in [9.17, 15) is 14.4 Å². The summed E-state index contributed by atoms with van der Waals surface area (Å²) < 4.78 is 10.5. The highest BCUT2D eigenvalue weighted by Gasteiger charge is 2.38. The van der Waals surface area contributed by atoms with Gasteiger partial charge in [0.25, 0.3) is 11.7 Å². The number of Topliss-reactive ketones (excluding diaryl/α,β-unsaturated/α-hetero) is 1. The van der Waals surface area contributed by atoms with Crippen LogP contribution in [0.25, 0.3) is 0 Å². The topological polar surface area (TPSA) is 72.9 Å². The Balaban J connectivity index is 1.63. The molecule has 3 rings (SSSR count). The zero-order valence-electron chi connectivity index (χ0n) is 15.8. The van der Waals surface area contributed by atoms with Crippen molar-refractivity contribution in [3.63, 3.8) is 0 Å². The van der Waals surface area contributed by atoms with Crippen LogP contribution in [0.4, 0.5) is 0 Å². The summed E-state index contributed by atoms with van der Waals surface area (Å²) in [6, 6.07) is 15.9. The lowest BCUT2D eigenvalue weighted by Gasteiger charge is -2.23. The van der Waals surface area contributed by atoms with Crippen LogP contribution in [0.15, 0.2) is 54.6 Å². The molecule has 1 heterocycles. The van der Waals surface area contributed by atoms with Gasteiger partial charge in [-0.05, 0) is 49.6 Å². The number of rotatable bonds is 7. The molecular formula is C22H23NO5. The van der Waals surface area contributed by atoms with Gasteiger partial charge in [-0.15, -0.1) is 0 Å². The number of hydrogen-bond acceptors (Lipinski definition) is 5. The third kappa shape index (κ3) is 4.57. The smallest absolute Gasteiger partial charge is 0.376 e. The summed E-state index contributed by atoms with van der Waals surface area (Å²) in [6.07, 6.45) is 1.15. The molecule has 1 aliphatic heterocycles. The Morgan fingerprint density at radius 2 is 1.75 bits per heavy atom. The molecule has 2 aromatic carbocycles. The van der Waals surface area contributed by atoms with E-state index in [4.69, 9.17) is 9.47 Å². The van der Waals surface area contributed by atoms with Crippen LogP contribution in [0.3, 0.4) is 0 Å². The lowest BCUT2D eigenvalue weighted by atomic mass is 10.1. The van der Waals surface area contributed by atoms with Gasteiger partial charge in [-0.25, -0.2) is 4.79 Å². The molecule has 0 saturated carbocycles. The van der Waals surface area contributed by atoms with Crippen molar-refractivity contribution in [1.29, 1.82) is 0 Å². The van der Waals surface area contributed by atoms with Crippen LogP contribution in [-0.4, -0.2) is 41.8 Å². The number of carbonyl (C=O) groups excluding carboxylic acids is 3. The molecule has 1 unspecified atom stereocenters. The fourth-order valence-corrected chi connectivity index (χ4v) is 3.22. The Bertz CT molecular complexity index is 832. The van der Waals surface area contributed by atoms with Gasteiger partial charge >= 0.3 is 5.97 Å². The standard InChI is InChI=1S/C22H23NO5/c1-2-27-22(26)20(24)19-9-6-14-23(19)21(25)17-10-12-18(13-11-17)28-15-16-7-4-3-5-8-16/h3-5,7-8,10-13,19H,2,6,9,14-15H2,1H3. The Morgan fingerprint density at radius 3 is 2.43 bits per heavy atom. The molecule has 1 atom stereocenters. The first kappa shape index (κ1) is 19.6. The summed E-state index contributed by atoms with van der Waals surface area (Å²) in [7, 11) is 0. The molecule has 1 aliphatic rings. The van der Waals surface area contributed by atoms with E-state index in [2.05, 4.69) is 0 Å². The molecule has 0 spiro atoms. The second-order valence-electron chi connectivity index (χ2n) is 6.54. The maximum Gasteiger partial charge on any atom is 0.376 e. The minimum absolute atomic E-state index is 0.135. The number of nitrogens with zero attached hydrogens (tertiary/aromatic N) is 1. The molecule has 0 radical (unpaired) electrons. The molecule has 0 aliphatic carbocycles. The van der Waals surface area contributed by atoms with Crippen LogP contribution in [0.5, 0.6) is 5.75 Å². The van der Waals surface area contributed by atoms with Crippen molar-refractivity contribution in [1.82, 2.24) is 4.90 Å². The molecule has 6 heteroatoms. The maximum absolute atomic E-state index is 12.8. The number of amides is 1. The summed E-state index contributed by atoms with van der Waals surface area (Å²) in [5.41, 5.74) is 1.51. The van der Waals surface area contributed by atoms with E-state index in [1.54, 1.807) is 31.2 Å². The van der Waals surface area contributed by atoms with Crippen LogP contribution in [0, 0.1) is 0 Å². The minimum Gasteiger partial charge on any atom is -0.489 e. The predicted molar refractivity (Wildman–Crippen MR) is 103 cm³/mol.